The molecule has 118 valence electrons. The molecule has 0 spiro atoms. The van der Waals surface area contributed by atoms with Crippen LogP contribution in [0.15, 0.2) is 57.8 Å². The predicted octanol–water partition coefficient (Wildman–Crippen LogP) is 2.52. The lowest BCUT2D eigenvalue weighted by molar-refractivity contribution is 0.810. The molecule has 0 saturated heterocycles. The Morgan fingerprint density at radius 1 is 1.12 bits per heavy atom. The van der Waals surface area contributed by atoms with E-state index in [0.29, 0.717) is 22.4 Å². The number of nitrogens with two attached hydrogens (primary N) is 1. The lowest BCUT2D eigenvalue weighted by Crippen LogP contribution is -2.10. The van der Waals surface area contributed by atoms with E-state index in [4.69, 9.17) is 5.73 Å². The smallest absolute Gasteiger partial charge is 0.259 e. The number of anilines is 1. The molecule has 0 aliphatic rings. The molecule has 3 N–H and O–H groups in total. The fourth-order valence-electron chi connectivity index (χ4n) is 2.44. The van der Waals surface area contributed by atoms with Crippen molar-refractivity contribution in [2.24, 2.45) is 0 Å². The number of nitrogens with zero attached hydrogens (tertiary/aromatic N) is 4. The van der Waals surface area contributed by atoms with Gasteiger partial charge in [-0.15, -0.1) is 5.10 Å². The first-order chi connectivity index (χ1) is 11.6. The summed E-state index contributed by atoms with van der Waals surface area (Å²) in [4.78, 5) is 19.5. The number of nitrogens with one attached hydrogen (secondary N) is 1. The molecule has 2 heterocycles. The molecule has 7 nitrogen and oxygen atoms in total. The highest BCUT2D eigenvalue weighted by Gasteiger charge is 2.16. The first-order valence-corrected chi connectivity index (χ1v) is 7.89. The van der Waals surface area contributed by atoms with Crippen molar-refractivity contribution in [3.05, 3.63) is 63.4 Å². The quantitative estimate of drug-likeness (QED) is 0.554. The van der Waals surface area contributed by atoms with Gasteiger partial charge in [0.25, 0.3) is 5.56 Å². The summed E-state index contributed by atoms with van der Waals surface area (Å²) in [5.74, 6) is 0.593. The van der Waals surface area contributed by atoms with Crippen LogP contribution in [-0.2, 0) is 0 Å². The average molecular weight is 383 g/mol. The number of nitrogen functional groups attached to an aromatic ring is 1. The Morgan fingerprint density at radius 2 is 1.92 bits per heavy atom. The maximum atomic E-state index is 12.3. The van der Waals surface area contributed by atoms with Crippen molar-refractivity contribution in [3.63, 3.8) is 0 Å². The molecule has 4 rings (SSSR count). The minimum absolute atomic E-state index is 0.259. The number of aromatic amines is 1. The third-order valence-corrected chi connectivity index (χ3v) is 4.09. The lowest BCUT2D eigenvalue weighted by Gasteiger charge is -2.04. The Labute approximate surface area is 144 Å². The highest BCUT2D eigenvalue weighted by molar-refractivity contribution is 9.10. The van der Waals surface area contributed by atoms with E-state index in [9.17, 15) is 4.79 Å². The number of hydrogen-bond acceptors (Lipinski definition) is 5. The maximum absolute atomic E-state index is 12.3. The maximum Gasteiger partial charge on any atom is 0.259 e. The first kappa shape index (κ1) is 14.6. The van der Waals surface area contributed by atoms with Crippen LogP contribution in [0, 0.1) is 0 Å². The van der Waals surface area contributed by atoms with Gasteiger partial charge in [0.1, 0.15) is 0 Å². The standard InChI is InChI=1S/C16H11BrN6O/c17-9-6-7-12-11(8-9)16(24)20-15(19-12)13-14(18)23(22-21-13)10-4-2-1-3-5-10/h1-8H,18H2,(H,19,20,24). The van der Waals surface area contributed by atoms with Crippen molar-refractivity contribution < 1.29 is 0 Å². The van der Waals surface area contributed by atoms with Crippen LogP contribution in [0.3, 0.4) is 0 Å². The molecule has 24 heavy (non-hydrogen) atoms. The molecule has 0 amide bonds. The number of para-hydroxylation sites is 1. The van der Waals surface area contributed by atoms with E-state index in [1.807, 2.05) is 36.4 Å². The highest BCUT2D eigenvalue weighted by atomic mass is 79.9. The van der Waals surface area contributed by atoms with E-state index in [2.05, 4.69) is 36.2 Å². The van der Waals surface area contributed by atoms with Crippen molar-refractivity contribution >= 4 is 32.7 Å². The summed E-state index contributed by atoms with van der Waals surface area (Å²) in [7, 11) is 0. The van der Waals surface area contributed by atoms with Crippen molar-refractivity contribution in [1.82, 2.24) is 25.0 Å². The Balaban J connectivity index is 1.88. The molecular formula is C16H11BrN6O. The highest BCUT2D eigenvalue weighted by Crippen LogP contribution is 2.23. The molecule has 2 aromatic heterocycles. The zero-order valence-electron chi connectivity index (χ0n) is 12.3. The number of benzene rings is 2. The molecule has 0 aliphatic carbocycles. The molecule has 0 bridgehead atoms. The topological polar surface area (TPSA) is 102 Å². The molecular weight excluding hydrogens is 372 g/mol. The van der Waals surface area contributed by atoms with Crippen molar-refractivity contribution in [3.8, 4) is 17.2 Å². The van der Waals surface area contributed by atoms with Crippen molar-refractivity contribution in [2.45, 2.75) is 0 Å². The van der Waals surface area contributed by atoms with Crippen LogP contribution in [0.5, 0.6) is 0 Å². The number of halogens is 1. The van der Waals surface area contributed by atoms with Crippen LogP contribution < -0.4 is 11.3 Å². The van der Waals surface area contributed by atoms with Crippen LogP contribution in [0.2, 0.25) is 0 Å². The minimum Gasteiger partial charge on any atom is -0.382 e. The van der Waals surface area contributed by atoms with Gasteiger partial charge in [0, 0.05) is 4.47 Å². The second kappa shape index (κ2) is 5.57. The number of fused-ring (bicyclic) bond motifs is 1. The summed E-state index contributed by atoms with van der Waals surface area (Å²) >= 11 is 3.34. The fourth-order valence-corrected chi connectivity index (χ4v) is 2.80. The van der Waals surface area contributed by atoms with Gasteiger partial charge < -0.3 is 10.7 Å². The number of aromatic nitrogens is 5. The van der Waals surface area contributed by atoms with Gasteiger partial charge in [-0.05, 0) is 30.3 Å². The summed E-state index contributed by atoms with van der Waals surface area (Å²) in [6, 6.07) is 14.7. The Morgan fingerprint density at radius 3 is 2.71 bits per heavy atom. The predicted molar refractivity (Wildman–Crippen MR) is 94.8 cm³/mol. The Bertz CT molecular complexity index is 1100. The number of hydrogen-bond donors (Lipinski definition) is 2. The molecule has 0 radical (unpaired) electrons. The van der Waals surface area contributed by atoms with Gasteiger partial charge in [0.05, 0.1) is 16.6 Å². The van der Waals surface area contributed by atoms with Crippen LogP contribution in [-0.4, -0.2) is 25.0 Å². The van der Waals surface area contributed by atoms with Gasteiger partial charge >= 0.3 is 0 Å². The van der Waals surface area contributed by atoms with Crippen LogP contribution in [0.25, 0.3) is 28.1 Å². The summed E-state index contributed by atoms with van der Waals surface area (Å²) < 4.78 is 2.31. The van der Waals surface area contributed by atoms with E-state index in [-0.39, 0.29) is 11.4 Å². The van der Waals surface area contributed by atoms with E-state index in [0.717, 1.165) is 10.2 Å². The van der Waals surface area contributed by atoms with Gasteiger partial charge in [-0.3, -0.25) is 4.79 Å². The summed E-state index contributed by atoms with van der Waals surface area (Å²) in [5.41, 5.74) is 7.57. The fraction of sp³-hybridized carbons (Fsp3) is 0. The molecule has 8 heteroatoms. The van der Waals surface area contributed by atoms with Crippen LogP contribution in [0.4, 0.5) is 5.82 Å². The van der Waals surface area contributed by atoms with Gasteiger partial charge in [0.2, 0.25) is 0 Å². The zero-order valence-corrected chi connectivity index (χ0v) is 13.9. The molecule has 0 atom stereocenters. The molecule has 0 aliphatic heterocycles. The third kappa shape index (κ3) is 2.37. The molecule has 2 aromatic carbocycles. The number of H-pyrrole nitrogens is 1. The molecule has 4 aromatic rings. The first-order valence-electron chi connectivity index (χ1n) is 7.10. The van der Waals surface area contributed by atoms with Crippen molar-refractivity contribution in [1.29, 1.82) is 0 Å². The normalized spacial score (nSPS) is 11.0. The van der Waals surface area contributed by atoms with Crippen molar-refractivity contribution in [2.75, 3.05) is 5.73 Å². The van der Waals surface area contributed by atoms with E-state index >= 15 is 0 Å². The Kier molecular flexibility index (Phi) is 3.39. The van der Waals surface area contributed by atoms with Crippen LogP contribution >= 0.6 is 15.9 Å². The largest absolute Gasteiger partial charge is 0.382 e. The van der Waals surface area contributed by atoms with Crippen LogP contribution in [0.1, 0.15) is 0 Å². The molecule has 0 fully saturated rings. The van der Waals surface area contributed by atoms with Gasteiger partial charge in [-0.25, -0.2) is 4.98 Å². The zero-order chi connectivity index (χ0) is 16.7. The second-order valence-electron chi connectivity index (χ2n) is 5.15. The lowest BCUT2D eigenvalue weighted by atomic mass is 10.2. The Hall–Kier alpha value is -3.00. The molecule has 0 unspecified atom stereocenters. The van der Waals surface area contributed by atoms with Gasteiger partial charge in [-0.2, -0.15) is 4.68 Å². The van der Waals surface area contributed by atoms with E-state index in [1.54, 1.807) is 12.1 Å². The van der Waals surface area contributed by atoms with Gasteiger partial charge in [-0.1, -0.05) is 39.3 Å². The van der Waals surface area contributed by atoms with E-state index in [1.165, 1.54) is 4.68 Å². The average Bonchev–Trinajstić information content (AvgIpc) is 2.98. The van der Waals surface area contributed by atoms with E-state index < -0.39 is 0 Å². The summed E-state index contributed by atoms with van der Waals surface area (Å²) in [6.07, 6.45) is 0. The second-order valence-corrected chi connectivity index (χ2v) is 6.06. The SMILES string of the molecule is Nc1c(-c2nc3ccc(Br)cc3c(=O)[nH]2)nnn1-c1ccccc1. The minimum atomic E-state index is -0.259. The molecule has 0 saturated carbocycles. The summed E-state index contributed by atoms with van der Waals surface area (Å²) in [5, 5.41) is 8.62. The monoisotopic (exact) mass is 382 g/mol. The number of rotatable bonds is 2. The van der Waals surface area contributed by atoms with Gasteiger partial charge in [0.15, 0.2) is 17.3 Å². The third-order valence-electron chi connectivity index (χ3n) is 3.60. The summed E-state index contributed by atoms with van der Waals surface area (Å²) in [6.45, 7) is 0.